The van der Waals surface area contributed by atoms with E-state index in [2.05, 4.69) is 12.0 Å². The zero-order chi connectivity index (χ0) is 12.3. The van der Waals surface area contributed by atoms with E-state index in [1.165, 1.54) is 0 Å². The zero-order valence-electron chi connectivity index (χ0n) is 10.7. The first-order valence-corrected chi connectivity index (χ1v) is 6.47. The third-order valence-corrected chi connectivity index (χ3v) is 3.64. The maximum atomic E-state index is 10.8. The van der Waals surface area contributed by atoms with Crippen molar-refractivity contribution in [3.8, 4) is 0 Å². The monoisotopic (exact) mass is 238 g/mol. The number of hydrogen-bond acceptors (Lipinski definition) is 3. The highest BCUT2D eigenvalue weighted by molar-refractivity contribution is 5.13. The van der Waals surface area contributed by atoms with Gasteiger partial charge in [-0.25, -0.2) is 0 Å². The molecule has 1 aliphatic carbocycles. The highest BCUT2D eigenvalue weighted by Crippen LogP contribution is 2.37. The van der Waals surface area contributed by atoms with Gasteiger partial charge in [0.25, 0.3) is 0 Å². The average molecular weight is 238 g/mol. The molecule has 0 radical (unpaired) electrons. The lowest BCUT2D eigenvalue weighted by Gasteiger charge is -2.36. The first kappa shape index (κ1) is 12.6. The SMILES string of the molecule is CCCn1nccc1C1(O)CCCC(OC)C1. The van der Waals surface area contributed by atoms with E-state index in [1.54, 1.807) is 13.3 Å². The lowest BCUT2D eigenvalue weighted by atomic mass is 9.80. The fourth-order valence-corrected chi connectivity index (χ4v) is 2.75. The van der Waals surface area contributed by atoms with Gasteiger partial charge in [0.1, 0.15) is 5.60 Å². The molecule has 1 aliphatic rings. The summed E-state index contributed by atoms with van der Waals surface area (Å²) in [5.41, 5.74) is 0.186. The molecule has 0 aromatic carbocycles. The minimum atomic E-state index is -0.759. The van der Waals surface area contributed by atoms with E-state index in [0.717, 1.165) is 37.9 Å². The fraction of sp³-hybridized carbons (Fsp3) is 0.769. The third-order valence-electron chi connectivity index (χ3n) is 3.64. The van der Waals surface area contributed by atoms with Gasteiger partial charge < -0.3 is 9.84 Å². The molecule has 1 N–H and O–H groups in total. The van der Waals surface area contributed by atoms with Crippen LogP contribution in [0.4, 0.5) is 0 Å². The lowest BCUT2D eigenvalue weighted by Crippen LogP contribution is -2.37. The fourth-order valence-electron chi connectivity index (χ4n) is 2.75. The Balaban J connectivity index is 2.21. The number of methoxy groups -OCH3 is 1. The molecule has 0 amide bonds. The predicted octanol–water partition coefficient (Wildman–Crippen LogP) is 2.07. The van der Waals surface area contributed by atoms with Crippen molar-refractivity contribution in [3.63, 3.8) is 0 Å². The van der Waals surface area contributed by atoms with Gasteiger partial charge in [0, 0.05) is 26.3 Å². The van der Waals surface area contributed by atoms with Gasteiger partial charge in [0.05, 0.1) is 11.8 Å². The van der Waals surface area contributed by atoms with Crippen molar-refractivity contribution in [1.82, 2.24) is 9.78 Å². The summed E-state index contributed by atoms with van der Waals surface area (Å²) < 4.78 is 7.32. The number of ether oxygens (including phenoxy) is 1. The number of nitrogens with zero attached hydrogens (tertiary/aromatic N) is 2. The van der Waals surface area contributed by atoms with Crippen LogP contribution in [0.5, 0.6) is 0 Å². The van der Waals surface area contributed by atoms with E-state index in [-0.39, 0.29) is 6.10 Å². The molecular formula is C13H22N2O2. The molecule has 1 heterocycles. The summed E-state index contributed by atoms with van der Waals surface area (Å²) in [4.78, 5) is 0. The van der Waals surface area contributed by atoms with Crippen LogP contribution in [0.15, 0.2) is 12.3 Å². The molecule has 0 aliphatic heterocycles. The quantitative estimate of drug-likeness (QED) is 0.873. The van der Waals surface area contributed by atoms with Gasteiger partial charge in [-0.3, -0.25) is 4.68 Å². The topological polar surface area (TPSA) is 47.3 Å². The van der Waals surface area contributed by atoms with Crippen LogP contribution in [0.3, 0.4) is 0 Å². The molecule has 4 heteroatoms. The Morgan fingerprint density at radius 3 is 3.18 bits per heavy atom. The van der Waals surface area contributed by atoms with Gasteiger partial charge in [-0.1, -0.05) is 6.92 Å². The van der Waals surface area contributed by atoms with Gasteiger partial charge >= 0.3 is 0 Å². The van der Waals surface area contributed by atoms with Gasteiger partial charge in [-0.15, -0.1) is 0 Å². The molecule has 0 saturated heterocycles. The molecule has 1 fully saturated rings. The highest BCUT2D eigenvalue weighted by Gasteiger charge is 2.38. The van der Waals surface area contributed by atoms with E-state index in [9.17, 15) is 5.11 Å². The van der Waals surface area contributed by atoms with E-state index in [0.29, 0.717) is 6.42 Å². The summed E-state index contributed by atoms with van der Waals surface area (Å²) in [7, 11) is 1.72. The number of aromatic nitrogens is 2. The molecule has 2 atom stereocenters. The number of aryl methyl sites for hydroxylation is 1. The molecule has 17 heavy (non-hydrogen) atoms. The van der Waals surface area contributed by atoms with Crippen LogP contribution in [0, 0.1) is 0 Å². The normalized spacial score (nSPS) is 29.5. The standard InChI is InChI=1S/C13H22N2O2/c1-3-9-15-12(6-8-14-15)13(16)7-4-5-11(10-13)17-2/h6,8,11,16H,3-5,7,9-10H2,1-2H3. The minimum absolute atomic E-state index is 0.165. The summed E-state index contributed by atoms with van der Waals surface area (Å²) in [6.45, 7) is 2.98. The van der Waals surface area contributed by atoms with Crippen molar-refractivity contribution in [3.05, 3.63) is 18.0 Å². The molecule has 0 bridgehead atoms. The zero-order valence-corrected chi connectivity index (χ0v) is 10.7. The van der Waals surface area contributed by atoms with Crippen LogP contribution in [0.25, 0.3) is 0 Å². The van der Waals surface area contributed by atoms with Crippen LogP contribution < -0.4 is 0 Å². The van der Waals surface area contributed by atoms with Gasteiger partial charge in [-0.05, 0) is 31.7 Å². The molecule has 1 aromatic rings. The first-order chi connectivity index (χ1) is 8.19. The Bertz CT molecular complexity index is 364. The van der Waals surface area contributed by atoms with Crippen molar-refractivity contribution >= 4 is 0 Å². The predicted molar refractivity (Wildman–Crippen MR) is 65.7 cm³/mol. The molecule has 4 nitrogen and oxygen atoms in total. The molecule has 1 saturated carbocycles. The second kappa shape index (κ2) is 5.19. The largest absolute Gasteiger partial charge is 0.383 e. The van der Waals surface area contributed by atoms with Crippen molar-refractivity contribution in [2.24, 2.45) is 0 Å². The van der Waals surface area contributed by atoms with E-state index < -0.39 is 5.60 Å². The number of aliphatic hydroxyl groups is 1. The average Bonchev–Trinajstić information content (AvgIpc) is 2.78. The Labute approximate surface area is 103 Å². The van der Waals surface area contributed by atoms with Crippen molar-refractivity contribution in [1.29, 1.82) is 0 Å². The van der Waals surface area contributed by atoms with Crippen LogP contribution in [0.2, 0.25) is 0 Å². The van der Waals surface area contributed by atoms with Crippen LogP contribution in [0.1, 0.15) is 44.7 Å². The van der Waals surface area contributed by atoms with Crippen LogP contribution in [-0.4, -0.2) is 28.1 Å². The molecule has 96 valence electrons. The van der Waals surface area contributed by atoms with E-state index in [1.807, 2.05) is 10.7 Å². The van der Waals surface area contributed by atoms with Crippen molar-refractivity contribution in [2.75, 3.05) is 7.11 Å². The molecule has 0 spiro atoms. The Morgan fingerprint density at radius 2 is 2.47 bits per heavy atom. The van der Waals surface area contributed by atoms with E-state index >= 15 is 0 Å². The van der Waals surface area contributed by atoms with Crippen molar-refractivity contribution in [2.45, 2.75) is 57.3 Å². The highest BCUT2D eigenvalue weighted by atomic mass is 16.5. The summed E-state index contributed by atoms with van der Waals surface area (Å²) in [6.07, 6.45) is 6.50. The molecule has 1 aromatic heterocycles. The summed E-state index contributed by atoms with van der Waals surface area (Å²) in [5, 5.41) is 15.1. The van der Waals surface area contributed by atoms with Crippen LogP contribution in [-0.2, 0) is 16.9 Å². The summed E-state index contributed by atoms with van der Waals surface area (Å²) in [6, 6.07) is 1.94. The lowest BCUT2D eigenvalue weighted by molar-refractivity contribution is -0.0682. The number of hydrogen-bond donors (Lipinski definition) is 1. The van der Waals surface area contributed by atoms with Gasteiger partial charge in [0.15, 0.2) is 0 Å². The Morgan fingerprint density at radius 1 is 1.65 bits per heavy atom. The molecule has 2 unspecified atom stereocenters. The van der Waals surface area contributed by atoms with Crippen LogP contribution >= 0.6 is 0 Å². The Kier molecular flexibility index (Phi) is 3.84. The molecule has 2 rings (SSSR count). The van der Waals surface area contributed by atoms with Crippen molar-refractivity contribution < 1.29 is 9.84 Å². The summed E-state index contributed by atoms with van der Waals surface area (Å²) >= 11 is 0. The first-order valence-electron chi connectivity index (χ1n) is 6.47. The van der Waals surface area contributed by atoms with Gasteiger partial charge in [-0.2, -0.15) is 5.10 Å². The number of rotatable bonds is 4. The summed E-state index contributed by atoms with van der Waals surface area (Å²) in [5.74, 6) is 0. The maximum Gasteiger partial charge on any atom is 0.109 e. The minimum Gasteiger partial charge on any atom is -0.383 e. The molecular weight excluding hydrogens is 216 g/mol. The Hall–Kier alpha value is -0.870. The maximum absolute atomic E-state index is 10.8. The second-order valence-electron chi connectivity index (χ2n) is 4.93. The van der Waals surface area contributed by atoms with Gasteiger partial charge in [0.2, 0.25) is 0 Å². The van der Waals surface area contributed by atoms with E-state index in [4.69, 9.17) is 4.74 Å². The smallest absolute Gasteiger partial charge is 0.109 e. The second-order valence-corrected chi connectivity index (χ2v) is 4.93. The third kappa shape index (κ3) is 2.53.